The van der Waals surface area contributed by atoms with Crippen LogP contribution in [0, 0.1) is 7.14 Å². The van der Waals surface area contributed by atoms with E-state index in [2.05, 4.69) is 5.32 Å². The van der Waals surface area contributed by atoms with Gasteiger partial charge in [-0.1, -0.05) is 24.9 Å². The van der Waals surface area contributed by atoms with E-state index in [-0.39, 0.29) is 33.5 Å². The van der Waals surface area contributed by atoms with Crippen LogP contribution in [0.15, 0.2) is 35.2 Å². The maximum atomic E-state index is 12.8. The number of benzene rings is 2. The maximum Gasteiger partial charge on any atom is 0.339 e. The van der Waals surface area contributed by atoms with Crippen LogP contribution in [-0.2, 0) is 14.3 Å². The third kappa shape index (κ3) is 7.11. The van der Waals surface area contributed by atoms with Gasteiger partial charge in [0.15, 0.2) is 0 Å². The largest absolute Gasteiger partial charge is 0.506 e. The minimum atomic E-state index is -0.616. The molecule has 1 heterocycles. The Hall–Kier alpha value is -1.84. The number of hydrogen-bond acceptors (Lipinski definition) is 7. The van der Waals surface area contributed by atoms with Gasteiger partial charge in [-0.3, -0.25) is 19.3 Å². The fourth-order valence-electron chi connectivity index (χ4n) is 2.95. The first-order chi connectivity index (χ1) is 16.6. The summed E-state index contributed by atoms with van der Waals surface area (Å²) in [5.74, 6) is -1.67. The lowest BCUT2D eigenvalue weighted by Gasteiger charge is -2.13. The summed E-state index contributed by atoms with van der Waals surface area (Å²) < 4.78 is 6.38. The average molecular weight is 741 g/mol. The summed E-state index contributed by atoms with van der Waals surface area (Å²) in [6, 6.07) is 7.71. The number of phenols is 1. The molecular formula is C23H19ClI2N2O6S. The molecule has 2 N–H and O–H groups in total. The van der Waals surface area contributed by atoms with E-state index in [1.165, 1.54) is 18.2 Å². The van der Waals surface area contributed by atoms with Gasteiger partial charge in [0.2, 0.25) is 5.91 Å². The van der Waals surface area contributed by atoms with Gasteiger partial charge in [-0.15, -0.1) is 0 Å². The lowest BCUT2D eigenvalue weighted by molar-refractivity contribution is -0.127. The first-order valence-corrected chi connectivity index (χ1v) is 13.7. The fraction of sp³-hybridized carbons (Fsp3) is 0.217. The van der Waals surface area contributed by atoms with Crippen molar-refractivity contribution in [2.75, 3.05) is 18.5 Å². The minimum Gasteiger partial charge on any atom is -0.506 e. The van der Waals surface area contributed by atoms with Crippen LogP contribution in [0.4, 0.5) is 10.5 Å². The summed E-state index contributed by atoms with van der Waals surface area (Å²) in [7, 11) is 0. The fourth-order valence-corrected chi connectivity index (χ4v) is 5.80. The minimum absolute atomic E-state index is 0.104. The number of halogens is 3. The Kier molecular flexibility index (Phi) is 9.84. The monoisotopic (exact) mass is 740 g/mol. The topological polar surface area (TPSA) is 113 Å². The molecule has 2 aromatic carbocycles. The first kappa shape index (κ1) is 27.7. The standard InChI is InChI=1S/C23H19ClI2N2O6S/c1-2-3-6-34-22(32)14-10-13(4-5-15(14)24)27-19(29)11-28-21(31)18(35-23(28)33)9-12-7-16(25)20(30)17(26)8-12/h4-5,7-10,30H,2-3,6,11H2,1H3,(H,27,29)/b18-9+. The molecule has 0 atom stereocenters. The second-order valence-electron chi connectivity index (χ2n) is 7.33. The molecule has 0 aromatic heterocycles. The molecule has 0 radical (unpaired) electrons. The Balaban J connectivity index is 1.68. The number of aromatic hydroxyl groups is 1. The van der Waals surface area contributed by atoms with Crippen molar-refractivity contribution in [1.29, 1.82) is 0 Å². The quantitative estimate of drug-likeness (QED) is 0.150. The first-order valence-electron chi connectivity index (χ1n) is 10.3. The van der Waals surface area contributed by atoms with E-state index >= 15 is 0 Å². The molecule has 0 bridgehead atoms. The van der Waals surface area contributed by atoms with Crippen molar-refractivity contribution in [3.63, 3.8) is 0 Å². The number of carbonyl (C=O) groups excluding carboxylic acids is 4. The molecule has 8 nitrogen and oxygen atoms in total. The number of imide groups is 1. The summed E-state index contributed by atoms with van der Waals surface area (Å²) in [5, 5.41) is 12.1. The zero-order valence-corrected chi connectivity index (χ0v) is 24.2. The predicted molar refractivity (Wildman–Crippen MR) is 151 cm³/mol. The number of unbranched alkanes of at least 4 members (excludes halogenated alkanes) is 1. The van der Waals surface area contributed by atoms with Crippen LogP contribution in [0.3, 0.4) is 0 Å². The molecule has 3 amide bonds. The molecule has 2 aromatic rings. The van der Waals surface area contributed by atoms with Crippen molar-refractivity contribution in [3.8, 4) is 5.75 Å². The zero-order valence-electron chi connectivity index (χ0n) is 18.3. The number of hydrogen-bond donors (Lipinski definition) is 2. The molecule has 1 aliphatic heterocycles. The normalized spacial score (nSPS) is 14.5. The predicted octanol–water partition coefficient (Wildman–Crippen LogP) is 5.89. The smallest absolute Gasteiger partial charge is 0.339 e. The van der Waals surface area contributed by atoms with Gasteiger partial charge in [0.05, 0.1) is 29.2 Å². The van der Waals surface area contributed by atoms with Gasteiger partial charge in [0.25, 0.3) is 11.1 Å². The van der Waals surface area contributed by atoms with Gasteiger partial charge in [0, 0.05) is 5.69 Å². The molecular weight excluding hydrogens is 722 g/mol. The van der Waals surface area contributed by atoms with Gasteiger partial charge < -0.3 is 15.2 Å². The van der Waals surface area contributed by atoms with Crippen molar-refractivity contribution in [3.05, 3.63) is 58.5 Å². The van der Waals surface area contributed by atoms with Crippen LogP contribution in [0.1, 0.15) is 35.7 Å². The van der Waals surface area contributed by atoms with Gasteiger partial charge >= 0.3 is 5.97 Å². The van der Waals surface area contributed by atoms with E-state index in [1.54, 1.807) is 18.2 Å². The lowest BCUT2D eigenvalue weighted by Crippen LogP contribution is -2.36. The van der Waals surface area contributed by atoms with E-state index in [4.69, 9.17) is 16.3 Å². The molecule has 3 rings (SSSR count). The second kappa shape index (κ2) is 12.4. The number of thioether (sulfide) groups is 1. The zero-order chi connectivity index (χ0) is 25.7. The van der Waals surface area contributed by atoms with Crippen LogP contribution in [-0.4, -0.2) is 46.2 Å². The summed E-state index contributed by atoms with van der Waals surface area (Å²) in [5.41, 5.74) is 1.02. The number of nitrogens with zero attached hydrogens (tertiary/aromatic N) is 1. The molecule has 0 spiro atoms. The SMILES string of the molecule is CCCCOC(=O)c1cc(NC(=O)CN2C(=O)S/C(=C/c3cc(I)c(O)c(I)c3)C2=O)ccc1Cl. The van der Waals surface area contributed by atoms with E-state index in [1.807, 2.05) is 52.1 Å². The van der Waals surface area contributed by atoms with Gasteiger partial charge in [-0.05, 0) is 105 Å². The lowest BCUT2D eigenvalue weighted by atomic mass is 10.2. The summed E-state index contributed by atoms with van der Waals surface area (Å²) in [6.45, 7) is 1.74. The van der Waals surface area contributed by atoms with Crippen LogP contribution in [0.25, 0.3) is 6.08 Å². The molecule has 184 valence electrons. The number of anilines is 1. The highest BCUT2D eigenvalue weighted by Crippen LogP contribution is 2.34. The second-order valence-corrected chi connectivity index (χ2v) is 11.1. The number of nitrogens with one attached hydrogen (secondary N) is 1. The Morgan fingerprint density at radius 1 is 1.20 bits per heavy atom. The van der Waals surface area contributed by atoms with Gasteiger partial charge in [-0.2, -0.15) is 0 Å². The molecule has 0 saturated carbocycles. The van der Waals surface area contributed by atoms with Crippen LogP contribution >= 0.6 is 68.5 Å². The van der Waals surface area contributed by atoms with Gasteiger partial charge in [0.1, 0.15) is 12.3 Å². The summed E-state index contributed by atoms with van der Waals surface area (Å²) in [4.78, 5) is 51.0. The number of amides is 3. The molecule has 1 saturated heterocycles. The number of carbonyl (C=O) groups is 4. The Morgan fingerprint density at radius 3 is 2.54 bits per heavy atom. The van der Waals surface area contributed by atoms with E-state index < -0.39 is 29.6 Å². The van der Waals surface area contributed by atoms with Crippen LogP contribution < -0.4 is 5.32 Å². The Bertz CT molecular complexity index is 1210. The highest BCUT2D eigenvalue weighted by molar-refractivity contribution is 14.1. The van der Waals surface area contributed by atoms with E-state index in [0.717, 1.165) is 29.5 Å². The van der Waals surface area contributed by atoms with Crippen LogP contribution in [0.2, 0.25) is 5.02 Å². The van der Waals surface area contributed by atoms with Crippen molar-refractivity contribution in [1.82, 2.24) is 4.90 Å². The number of rotatable bonds is 8. The summed E-state index contributed by atoms with van der Waals surface area (Å²) in [6.07, 6.45) is 3.13. The number of esters is 1. The highest BCUT2D eigenvalue weighted by atomic mass is 127. The third-order valence-electron chi connectivity index (χ3n) is 4.71. The molecule has 1 fully saturated rings. The van der Waals surface area contributed by atoms with Gasteiger partial charge in [-0.25, -0.2) is 4.79 Å². The van der Waals surface area contributed by atoms with Crippen molar-refractivity contribution in [2.45, 2.75) is 19.8 Å². The molecule has 35 heavy (non-hydrogen) atoms. The maximum absolute atomic E-state index is 12.8. The molecule has 0 unspecified atom stereocenters. The third-order valence-corrected chi connectivity index (χ3v) is 7.59. The van der Waals surface area contributed by atoms with Crippen LogP contribution in [0.5, 0.6) is 5.75 Å². The van der Waals surface area contributed by atoms with Crippen molar-refractivity contribution in [2.24, 2.45) is 0 Å². The van der Waals surface area contributed by atoms with Crippen molar-refractivity contribution >= 4 is 103 Å². The van der Waals surface area contributed by atoms with Crippen molar-refractivity contribution < 1.29 is 29.0 Å². The Labute approximate surface area is 238 Å². The number of phenolic OH excluding ortho intramolecular Hbond substituents is 1. The van der Waals surface area contributed by atoms with E-state index in [9.17, 15) is 24.3 Å². The average Bonchev–Trinajstić information content (AvgIpc) is 3.06. The highest BCUT2D eigenvalue weighted by Gasteiger charge is 2.36. The molecule has 1 aliphatic rings. The van der Waals surface area contributed by atoms with E-state index in [0.29, 0.717) is 12.7 Å². The Morgan fingerprint density at radius 2 is 1.89 bits per heavy atom. The molecule has 12 heteroatoms. The summed E-state index contributed by atoms with van der Waals surface area (Å²) >= 11 is 10.8. The number of ether oxygens (including phenoxy) is 1. The molecule has 0 aliphatic carbocycles.